The molecular weight excluding hydrogens is 236 g/mol. The molecule has 0 aromatic carbocycles. The number of carbonyl (C=O) groups is 3. The van der Waals surface area contributed by atoms with Gasteiger partial charge in [-0.25, -0.2) is 0 Å². The molecule has 2 amide bonds. The maximum Gasteiger partial charge on any atom is 0.309 e. The minimum Gasteiger partial charge on any atom is -0.481 e. The van der Waals surface area contributed by atoms with Crippen LogP contribution in [0.2, 0.25) is 0 Å². The maximum absolute atomic E-state index is 11.5. The first-order chi connectivity index (χ1) is 8.31. The van der Waals surface area contributed by atoms with E-state index in [1.54, 1.807) is 0 Å². The first-order valence-electron chi connectivity index (χ1n) is 6.11. The molecule has 0 aromatic rings. The fourth-order valence-corrected chi connectivity index (χ4v) is 1.38. The predicted octanol–water partition coefficient (Wildman–Crippen LogP) is 0.272. The van der Waals surface area contributed by atoms with Crippen molar-refractivity contribution in [1.29, 1.82) is 0 Å². The number of hydrogen-bond acceptors (Lipinski definition) is 3. The SMILES string of the molecule is CC(C)(CC(=O)NCCC(=O)NC1CC1)C(=O)O. The summed E-state index contributed by atoms with van der Waals surface area (Å²) < 4.78 is 0. The number of carboxylic acid groups (broad SMARTS) is 1. The van der Waals surface area contributed by atoms with Gasteiger partial charge in [0, 0.05) is 25.4 Å². The molecule has 0 heterocycles. The monoisotopic (exact) mass is 256 g/mol. The van der Waals surface area contributed by atoms with E-state index in [0.29, 0.717) is 6.04 Å². The zero-order valence-electron chi connectivity index (χ0n) is 10.8. The van der Waals surface area contributed by atoms with E-state index >= 15 is 0 Å². The first kappa shape index (κ1) is 14.5. The number of rotatable bonds is 7. The third kappa shape index (κ3) is 5.16. The zero-order chi connectivity index (χ0) is 13.8. The van der Waals surface area contributed by atoms with Gasteiger partial charge in [-0.1, -0.05) is 0 Å². The van der Waals surface area contributed by atoms with Gasteiger partial charge in [-0.2, -0.15) is 0 Å². The van der Waals surface area contributed by atoms with Crippen molar-refractivity contribution in [3.8, 4) is 0 Å². The summed E-state index contributed by atoms with van der Waals surface area (Å²) in [5.74, 6) is -1.43. The van der Waals surface area contributed by atoms with E-state index < -0.39 is 11.4 Å². The summed E-state index contributed by atoms with van der Waals surface area (Å²) in [5, 5.41) is 14.2. The van der Waals surface area contributed by atoms with Gasteiger partial charge in [0.05, 0.1) is 5.41 Å². The third-order valence-electron chi connectivity index (χ3n) is 2.80. The highest BCUT2D eigenvalue weighted by atomic mass is 16.4. The van der Waals surface area contributed by atoms with Crippen LogP contribution in [-0.4, -0.2) is 35.5 Å². The molecule has 18 heavy (non-hydrogen) atoms. The second-order valence-corrected chi connectivity index (χ2v) is 5.31. The Balaban J connectivity index is 2.16. The van der Waals surface area contributed by atoms with Crippen LogP contribution in [0, 0.1) is 5.41 Å². The van der Waals surface area contributed by atoms with Gasteiger partial charge in [-0.05, 0) is 26.7 Å². The van der Waals surface area contributed by atoms with Crippen LogP contribution in [0.3, 0.4) is 0 Å². The second-order valence-electron chi connectivity index (χ2n) is 5.31. The quantitative estimate of drug-likeness (QED) is 0.609. The standard InChI is InChI=1S/C12H20N2O4/c1-12(2,11(17)18)7-10(16)13-6-5-9(15)14-8-3-4-8/h8H,3-7H2,1-2H3,(H,13,16)(H,14,15)(H,17,18). The van der Waals surface area contributed by atoms with Gasteiger partial charge in [0.2, 0.25) is 11.8 Å². The summed E-state index contributed by atoms with van der Waals surface area (Å²) in [7, 11) is 0. The maximum atomic E-state index is 11.5. The van der Waals surface area contributed by atoms with Crippen LogP contribution in [0.4, 0.5) is 0 Å². The lowest BCUT2D eigenvalue weighted by molar-refractivity contribution is -0.149. The van der Waals surface area contributed by atoms with Crippen molar-refractivity contribution in [3.05, 3.63) is 0 Å². The van der Waals surface area contributed by atoms with Crippen LogP contribution < -0.4 is 10.6 Å². The van der Waals surface area contributed by atoms with Crippen LogP contribution in [-0.2, 0) is 14.4 Å². The molecule has 0 spiro atoms. The van der Waals surface area contributed by atoms with Gasteiger partial charge in [0.25, 0.3) is 0 Å². The van der Waals surface area contributed by atoms with Gasteiger partial charge < -0.3 is 15.7 Å². The molecule has 0 aromatic heterocycles. The van der Waals surface area contributed by atoms with E-state index in [-0.39, 0.29) is 31.2 Å². The van der Waals surface area contributed by atoms with Gasteiger partial charge in [0.1, 0.15) is 0 Å². The third-order valence-corrected chi connectivity index (χ3v) is 2.80. The Morgan fingerprint density at radius 2 is 1.83 bits per heavy atom. The van der Waals surface area contributed by atoms with Crippen molar-refractivity contribution in [2.75, 3.05) is 6.54 Å². The Morgan fingerprint density at radius 3 is 2.33 bits per heavy atom. The molecule has 0 saturated heterocycles. The summed E-state index contributed by atoms with van der Waals surface area (Å²) in [4.78, 5) is 33.6. The van der Waals surface area contributed by atoms with Crippen molar-refractivity contribution in [2.45, 2.75) is 45.6 Å². The highest BCUT2D eigenvalue weighted by Gasteiger charge is 2.30. The highest BCUT2D eigenvalue weighted by Crippen LogP contribution is 2.20. The first-order valence-corrected chi connectivity index (χ1v) is 6.11. The molecule has 6 nitrogen and oxygen atoms in total. The molecule has 1 fully saturated rings. The molecular formula is C12H20N2O4. The average molecular weight is 256 g/mol. The molecule has 1 aliphatic rings. The molecule has 1 rings (SSSR count). The molecule has 0 bridgehead atoms. The summed E-state index contributed by atoms with van der Waals surface area (Å²) in [5.41, 5.74) is -1.08. The molecule has 1 saturated carbocycles. The van der Waals surface area contributed by atoms with Gasteiger partial charge in [-0.15, -0.1) is 0 Å². The lowest BCUT2D eigenvalue weighted by atomic mass is 9.89. The van der Waals surface area contributed by atoms with Crippen LogP contribution >= 0.6 is 0 Å². The van der Waals surface area contributed by atoms with Crippen molar-refractivity contribution in [3.63, 3.8) is 0 Å². The molecule has 0 unspecified atom stereocenters. The lowest BCUT2D eigenvalue weighted by Gasteiger charge is -2.18. The Hall–Kier alpha value is -1.59. The van der Waals surface area contributed by atoms with E-state index in [1.165, 1.54) is 13.8 Å². The Kier molecular flexibility index (Phi) is 4.69. The molecule has 3 N–H and O–H groups in total. The van der Waals surface area contributed by atoms with Crippen molar-refractivity contribution >= 4 is 17.8 Å². The van der Waals surface area contributed by atoms with E-state index in [2.05, 4.69) is 10.6 Å². The molecule has 102 valence electrons. The summed E-state index contributed by atoms with van der Waals surface area (Å²) in [6.07, 6.45) is 2.21. The Morgan fingerprint density at radius 1 is 1.22 bits per heavy atom. The van der Waals surface area contributed by atoms with Crippen LogP contribution in [0.1, 0.15) is 39.5 Å². The Bertz CT molecular complexity index is 348. The summed E-state index contributed by atoms with van der Waals surface area (Å²) in [6.45, 7) is 3.23. The normalized spacial score (nSPS) is 15.0. The fraction of sp³-hybridized carbons (Fsp3) is 0.750. The van der Waals surface area contributed by atoms with Crippen LogP contribution in [0.5, 0.6) is 0 Å². The van der Waals surface area contributed by atoms with Crippen molar-refractivity contribution in [1.82, 2.24) is 10.6 Å². The Labute approximate surface area is 106 Å². The van der Waals surface area contributed by atoms with E-state index in [9.17, 15) is 14.4 Å². The minimum absolute atomic E-state index is 0.0738. The van der Waals surface area contributed by atoms with Gasteiger partial charge in [0.15, 0.2) is 0 Å². The molecule has 1 aliphatic carbocycles. The lowest BCUT2D eigenvalue weighted by Crippen LogP contribution is -2.35. The number of nitrogens with one attached hydrogen (secondary N) is 2. The largest absolute Gasteiger partial charge is 0.481 e. The van der Waals surface area contributed by atoms with Gasteiger partial charge in [-0.3, -0.25) is 14.4 Å². The molecule has 6 heteroatoms. The minimum atomic E-state index is -1.08. The average Bonchev–Trinajstić information content (AvgIpc) is 3.00. The zero-order valence-corrected chi connectivity index (χ0v) is 10.8. The second kappa shape index (κ2) is 5.84. The van der Waals surface area contributed by atoms with Crippen LogP contribution in [0.15, 0.2) is 0 Å². The predicted molar refractivity (Wildman–Crippen MR) is 64.8 cm³/mol. The van der Waals surface area contributed by atoms with Crippen molar-refractivity contribution in [2.24, 2.45) is 5.41 Å². The summed E-state index contributed by atoms with van der Waals surface area (Å²) in [6, 6.07) is 0.319. The highest BCUT2D eigenvalue weighted by molar-refractivity contribution is 5.84. The topological polar surface area (TPSA) is 95.5 Å². The van der Waals surface area contributed by atoms with Gasteiger partial charge >= 0.3 is 5.97 Å². The molecule has 0 atom stereocenters. The smallest absolute Gasteiger partial charge is 0.309 e. The summed E-state index contributed by atoms with van der Waals surface area (Å²) >= 11 is 0. The van der Waals surface area contributed by atoms with E-state index in [4.69, 9.17) is 5.11 Å². The van der Waals surface area contributed by atoms with E-state index in [0.717, 1.165) is 12.8 Å². The fourth-order valence-electron chi connectivity index (χ4n) is 1.38. The number of carbonyl (C=O) groups excluding carboxylic acids is 2. The van der Waals surface area contributed by atoms with Crippen LogP contribution in [0.25, 0.3) is 0 Å². The van der Waals surface area contributed by atoms with E-state index in [1.807, 2.05) is 0 Å². The number of carboxylic acids is 1. The van der Waals surface area contributed by atoms with Crippen molar-refractivity contribution < 1.29 is 19.5 Å². The number of amides is 2. The molecule has 0 aliphatic heterocycles. The molecule has 0 radical (unpaired) electrons. The number of hydrogen-bond donors (Lipinski definition) is 3. The number of aliphatic carboxylic acids is 1.